The molecule has 0 radical (unpaired) electrons. The van der Waals surface area contributed by atoms with Gasteiger partial charge in [0.1, 0.15) is 12.1 Å². The number of methoxy groups -OCH3 is 2. The third-order valence-corrected chi connectivity index (χ3v) is 2.43. The summed E-state index contributed by atoms with van der Waals surface area (Å²) in [5, 5.41) is 0. The first-order chi connectivity index (χ1) is 8.74. The molecule has 5 nitrogen and oxygen atoms in total. The summed E-state index contributed by atoms with van der Waals surface area (Å²) in [5.74, 6) is 0.243. The van der Waals surface area contributed by atoms with Crippen LogP contribution in [0.2, 0.25) is 0 Å². The molecule has 1 heterocycles. The molecule has 0 spiro atoms. The first-order valence-electron chi connectivity index (χ1n) is 5.29. The van der Waals surface area contributed by atoms with Crippen molar-refractivity contribution >= 4 is 5.97 Å². The zero-order chi connectivity index (χ0) is 13.0. The summed E-state index contributed by atoms with van der Waals surface area (Å²) in [6.45, 7) is 0. The number of aromatic nitrogens is 2. The molecule has 5 heteroatoms. The fourth-order valence-corrected chi connectivity index (χ4v) is 1.51. The average molecular weight is 244 g/mol. The largest absolute Gasteiger partial charge is 0.497 e. The van der Waals surface area contributed by atoms with Crippen molar-refractivity contribution in [3.8, 4) is 17.0 Å². The predicted octanol–water partition coefficient (Wildman–Crippen LogP) is 1.94. The summed E-state index contributed by atoms with van der Waals surface area (Å²) < 4.78 is 9.76. The second-order valence-corrected chi connectivity index (χ2v) is 3.51. The molecule has 0 bridgehead atoms. The summed E-state index contributed by atoms with van der Waals surface area (Å²) in [6, 6.07) is 9.00. The molecule has 1 aromatic heterocycles. The van der Waals surface area contributed by atoms with Crippen LogP contribution in [-0.4, -0.2) is 30.2 Å². The molecule has 2 rings (SSSR count). The lowest BCUT2D eigenvalue weighted by molar-refractivity contribution is 0.0594. The average Bonchev–Trinajstić information content (AvgIpc) is 2.46. The zero-order valence-corrected chi connectivity index (χ0v) is 10.1. The molecule has 0 aliphatic heterocycles. The quantitative estimate of drug-likeness (QED) is 0.772. The summed E-state index contributed by atoms with van der Waals surface area (Å²) in [4.78, 5) is 19.4. The van der Waals surface area contributed by atoms with Gasteiger partial charge in [-0.2, -0.15) is 0 Å². The number of carbonyl (C=O) groups excluding carboxylic acids is 1. The first kappa shape index (κ1) is 12.0. The molecule has 0 amide bonds. The first-order valence-corrected chi connectivity index (χ1v) is 5.29. The summed E-state index contributed by atoms with van der Waals surface area (Å²) in [5.41, 5.74) is 1.72. The number of hydrogen-bond donors (Lipinski definition) is 0. The monoisotopic (exact) mass is 244 g/mol. The van der Waals surface area contributed by atoms with Crippen molar-refractivity contribution in [3.05, 3.63) is 42.4 Å². The van der Waals surface area contributed by atoms with Crippen molar-refractivity contribution in [3.63, 3.8) is 0 Å². The topological polar surface area (TPSA) is 61.3 Å². The van der Waals surface area contributed by atoms with Crippen LogP contribution >= 0.6 is 0 Å². The SMILES string of the molecule is COC(=O)c1cc(-c2cccc(OC)c2)ncn1. The van der Waals surface area contributed by atoms with E-state index in [1.54, 1.807) is 13.2 Å². The standard InChI is InChI=1S/C13H12N2O3/c1-17-10-5-3-4-9(6-10)11-7-12(13(16)18-2)15-8-14-11/h3-8H,1-2H3. The van der Waals surface area contributed by atoms with Crippen molar-refractivity contribution in [2.24, 2.45) is 0 Å². The predicted molar refractivity (Wildman–Crippen MR) is 65.4 cm³/mol. The van der Waals surface area contributed by atoms with E-state index in [2.05, 4.69) is 14.7 Å². The number of hydrogen-bond acceptors (Lipinski definition) is 5. The van der Waals surface area contributed by atoms with Gasteiger partial charge >= 0.3 is 5.97 Å². The Labute approximate surface area is 104 Å². The number of rotatable bonds is 3. The molecule has 0 saturated carbocycles. The van der Waals surface area contributed by atoms with E-state index >= 15 is 0 Å². The third kappa shape index (κ3) is 2.45. The maximum absolute atomic E-state index is 11.4. The van der Waals surface area contributed by atoms with Crippen LogP contribution in [-0.2, 0) is 4.74 Å². The molecule has 18 heavy (non-hydrogen) atoms. The summed E-state index contributed by atoms with van der Waals surface area (Å²) in [6.07, 6.45) is 1.33. The highest BCUT2D eigenvalue weighted by molar-refractivity contribution is 5.88. The molecule has 1 aromatic carbocycles. The second kappa shape index (κ2) is 5.27. The number of carbonyl (C=O) groups is 1. The van der Waals surface area contributed by atoms with E-state index in [0.717, 1.165) is 11.3 Å². The van der Waals surface area contributed by atoms with Gasteiger partial charge in [0.15, 0.2) is 5.69 Å². The fraction of sp³-hybridized carbons (Fsp3) is 0.154. The Morgan fingerprint density at radius 3 is 2.72 bits per heavy atom. The maximum atomic E-state index is 11.4. The van der Waals surface area contributed by atoms with Gasteiger partial charge in [-0.15, -0.1) is 0 Å². The molecule has 0 N–H and O–H groups in total. The number of benzene rings is 1. The van der Waals surface area contributed by atoms with Gasteiger partial charge in [0.05, 0.1) is 19.9 Å². The van der Waals surface area contributed by atoms with Crippen molar-refractivity contribution < 1.29 is 14.3 Å². The van der Waals surface area contributed by atoms with Gasteiger partial charge in [0.2, 0.25) is 0 Å². The minimum absolute atomic E-state index is 0.227. The highest BCUT2D eigenvalue weighted by Gasteiger charge is 2.09. The Hall–Kier alpha value is -2.43. The maximum Gasteiger partial charge on any atom is 0.356 e. The molecular weight excluding hydrogens is 232 g/mol. The number of nitrogens with zero attached hydrogens (tertiary/aromatic N) is 2. The van der Waals surface area contributed by atoms with E-state index in [9.17, 15) is 4.79 Å². The molecular formula is C13H12N2O3. The van der Waals surface area contributed by atoms with Crippen molar-refractivity contribution in [2.45, 2.75) is 0 Å². The van der Waals surface area contributed by atoms with E-state index in [-0.39, 0.29) is 5.69 Å². The van der Waals surface area contributed by atoms with Crippen LogP contribution in [0.15, 0.2) is 36.7 Å². The summed E-state index contributed by atoms with van der Waals surface area (Å²) >= 11 is 0. The molecule has 92 valence electrons. The molecule has 2 aromatic rings. The van der Waals surface area contributed by atoms with Crippen LogP contribution in [0.3, 0.4) is 0 Å². The lowest BCUT2D eigenvalue weighted by Gasteiger charge is -2.05. The lowest BCUT2D eigenvalue weighted by Crippen LogP contribution is -2.04. The van der Waals surface area contributed by atoms with E-state index in [4.69, 9.17) is 4.74 Å². The smallest absolute Gasteiger partial charge is 0.356 e. The van der Waals surface area contributed by atoms with E-state index in [0.29, 0.717) is 5.69 Å². The van der Waals surface area contributed by atoms with Crippen LogP contribution < -0.4 is 4.74 Å². The Morgan fingerprint density at radius 2 is 2.00 bits per heavy atom. The number of ether oxygens (including phenoxy) is 2. The van der Waals surface area contributed by atoms with Crippen LogP contribution in [0.5, 0.6) is 5.75 Å². The molecule has 0 unspecified atom stereocenters. The lowest BCUT2D eigenvalue weighted by atomic mass is 10.1. The molecule has 0 fully saturated rings. The molecule has 0 saturated heterocycles. The van der Waals surface area contributed by atoms with Gasteiger partial charge in [0, 0.05) is 5.56 Å². The summed E-state index contributed by atoms with van der Waals surface area (Å²) in [7, 11) is 2.91. The van der Waals surface area contributed by atoms with Gasteiger partial charge in [0.25, 0.3) is 0 Å². The highest BCUT2D eigenvalue weighted by Crippen LogP contribution is 2.22. The highest BCUT2D eigenvalue weighted by atomic mass is 16.5. The van der Waals surface area contributed by atoms with Gasteiger partial charge in [-0.3, -0.25) is 0 Å². The Bertz CT molecular complexity index is 570. The van der Waals surface area contributed by atoms with Gasteiger partial charge in [-0.05, 0) is 18.2 Å². The fourth-order valence-electron chi connectivity index (χ4n) is 1.51. The molecule has 0 aliphatic rings. The van der Waals surface area contributed by atoms with Crippen molar-refractivity contribution in [1.82, 2.24) is 9.97 Å². The normalized spacial score (nSPS) is 9.89. The van der Waals surface area contributed by atoms with Crippen LogP contribution in [0.4, 0.5) is 0 Å². The minimum Gasteiger partial charge on any atom is -0.497 e. The Kier molecular flexibility index (Phi) is 3.52. The van der Waals surface area contributed by atoms with Crippen molar-refractivity contribution in [1.29, 1.82) is 0 Å². The van der Waals surface area contributed by atoms with Crippen molar-refractivity contribution in [2.75, 3.05) is 14.2 Å². The Balaban J connectivity index is 2.41. The van der Waals surface area contributed by atoms with E-state index in [1.807, 2.05) is 24.3 Å². The third-order valence-electron chi connectivity index (χ3n) is 2.43. The van der Waals surface area contributed by atoms with E-state index < -0.39 is 5.97 Å². The second-order valence-electron chi connectivity index (χ2n) is 3.51. The van der Waals surface area contributed by atoms with Crippen LogP contribution in [0.1, 0.15) is 10.5 Å². The molecule has 0 atom stereocenters. The zero-order valence-electron chi connectivity index (χ0n) is 10.1. The van der Waals surface area contributed by atoms with Crippen LogP contribution in [0.25, 0.3) is 11.3 Å². The van der Waals surface area contributed by atoms with Crippen LogP contribution in [0, 0.1) is 0 Å². The van der Waals surface area contributed by atoms with Gasteiger partial charge < -0.3 is 9.47 Å². The van der Waals surface area contributed by atoms with E-state index in [1.165, 1.54) is 13.4 Å². The van der Waals surface area contributed by atoms with Gasteiger partial charge in [-0.1, -0.05) is 12.1 Å². The van der Waals surface area contributed by atoms with Gasteiger partial charge in [-0.25, -0.2) is 14.8 Å². The molecule has 0 aliphatic carbocycles. The Morgan fingerprint density at radius 1 is 1.17 bits per heavy atom. The minimum atomic E-state index is -0.485. The number of esters is 1.